The second-order valence-corrected chi connectivity index (χ2v) is 6.74. The Labute approximate surface area is 100 Å². The minimum Gasteiger partial charge on any atom is -0.381 e. The van der Waals surface area contributed by atoms with E-state index < -0.39 is 0 Å². The van der Waals surface area contributed by atoms with Crippen molar-refractivity contribution in [3.05, 3.63) is 0 Å². The van der Waals surface area contributed by atoms with E-state index in [1.165, 1.54) is 38.9 Å². The van der Waals surface area contributed by atoms with Crippen molar-refractivity contribution in [2.45, 2.75) is 46.1 Å². The molecule has 2 heteroatoms. The van der Waals surface area contributed by atoms with Crippen LogP contribution in [0.25, 0.3) is 0 Å². The highest BCUT2D eigenvalue weighted by Gasteiger charge is 2.38. The van der Waals surface area contributed by atoms with Gasteiger partial charge in [0.1, 0.15) is 0 Å². The highest BCUT2D eigenvalue weighted by Crippen LogP contribution is 2.37. The van der Waals surface area contributed by atoms with Gasteiger partial charge in [-0.25, -0.2) is 0 Å². The Balaban J connectivity index is 1.93. The van der Waals surface area contributed by atoms with Crippen LogP contribution < -0.4 is 0 Å². The van der Waals surface area contributed by atoms with E-state index in [1.807, 2.05) is 7.11 Å². The molecule has 0 amide bonds. The molecule has 0 bridgehead atoms. The van der Waals surface area contributed by atoms with Gasteiger partial charge in [0, 0.05) is 32.7 Å². The molecule has 0 aromatic carbocycles. The average Bonchev–Trinajstić information content (AvgIpc) is 3.00. The summed E-state index contributed by atoms with van der Waals surface area (Å²) in [6.07, 6.45) is 4.61. The largest absolute Gasteiger partial charge is 0.381 e. The molecule has 1 aliphatic carbocycles. The fraction of sp³-hybridized carbons (Fsp3) is 1.00. The number of methoxy groups -OCH3 is 1. The standard InChI is InChI=1S/C14H27NO/c1-14(2,3)12-10-15(9-11-5-6-11)8-7-13(12)16-4/h11-13H,5-10H2,1-4H3. The smallest absolute Gasteiger partial charge is 0.0628 e. The molecule has 1 saturated heterocycles. The van der Waals surface area contributed by atoms with Gasteiger partial charge in [-0.1, -0.05) is 20.8 Å². The van der Waals surface area contributed by atoms with Gasteiger partial charge in [-0.05, 0) is 30.6 Å². The van der Waals surface area contributed by atoms with Gasteiger partial charge in [0.05, 0.1) is 6.10 Å². The Morgan fingerprint density at radius 2 is 1.88 bits per heavy atom. The van der Waals surface area contributed by atoms with Crippen molar-refractivity contribution < 1.29 is 4.74 Å². The Kier molecular flexibility index (Phi) is 3.60. The topological polar surface area (TPSA) is 12.5 Å². The van der Waals surface area contributed by atoms with Gasteiger partial charge in [-0.3, -0.25) is 0 Å². The van der Waals surface area contributed by atoms with Gasteiger partial charge in [0.15, 0.2) is 0 Å². The zero-order chi connectivity index (χ0) is 11.8. The molecule has 2 nitrogen and oxygen atoms in total. The van der Waals surface area contributed by atoms with Crippen LogP contribution in [0.1, 0.15) is 40.0 Å². The molecule has 0 radical (unpaired) electrons. The summed E-state index contributed by atoms with van der Waals surface area (Å²) in [6.45, 7) is 10.9. The van der Waals surface area contributed by atoms with Gasteiger partial charge in [0.2, 0.25) is 0 Å². The SMILES string of the molecule is COC1CCN(CC2CC2)CC1C(C)(C)C. The highest BCUT2D eigenvalue weighted by atomic mass is 16.5. The number of hydrogen-bond donors (Lipinski definition) is 0. The molecular formula is C14H27NO. The number of hydrogen-bond acceptors (Lipinski definition) is 2. The Morgan fingerprint density at radius 3 is 2.38 bits per heavy atom. The van der Waals surface area contributed by atoms with Gasteiger partial charge in [-0.15, -0.1) is 0 Å². The minimum atomic E-state index is 0.364. The summed E-state index contributed by atoms with van der Waals surface area (Å²) in [5.41, 5.74) is 0.364. The monoisotopic (exact) mass is 225 g/mol. The van der Waals surface area contributed by atoms with E-state index in [4.69, 9.17) is 4.74 Å². The fourth-order valence-electron chi connectivity index (χ4n) is 2.94. The molecule has 2 aliphatic rings. The molecule has 2 atom stereocenters. The molecular weight excluding hydrogens is 198 g/mol. The van der Waals surface area contributed by atoms with E-state index in [2.05, 4.69) is 25.7 Å². The van der Waals surface area contributed by atoms with Crippen molar-refractivity contribution in [3.63, 3.8) is 0 Å². The maximum atomic E-state index is 5.67. The van der Waals surface area contributed by atoms with Gasteiger partial charge >= 0.3 is 0 Å². The van der Waals surface area contributed by atoms with Gasteiger partial charge in [0.25, 0.3) is 0 Å². The molecule has 0 aromatic heterocycles. The van der Waals surface area contributed by atoms with Crippen LogP contribution in [-0.4, -0.2) is 37.7 Å². The molecule has 0 spiro atoms. The molecule has 1 heterocycles. The first-order valence-electron chi connectivity index (χ1n) is 6.76. The Hall–Kier alpha value is -0.0800. The normalized spacial score (nSPS) is 33.0. The van der Waals surface area contributed by atoms with Gasteiger partial charge < -0.3 is 9.64 Å². The zero-order valence-corrected chi connectivity index (χ0v) is 11.3. The number of likely N-dealkylation sites (tertiary alicyclic amines) is 1. The Bertz CT molecular complexity index is 229. The quantitative estimate of drug-likeness (QED) is 0.732. The first-order chi connectivity index (χ1) is 7.50. The van der Waals surface area contributed by atoms with Crippen LogP contribution in [0.15, 0.2) is 0 Å². The van der Waals surface area contributed by atoms with Crippen LogP contribution in [0, 0.1) is 17.3 Å². The fourth-order valence-corrected chi connectivity index (χ4v) is 2.94. The van der Waals surface area contributed by atoms with E-state index in [0.717, 1.165) is 5.92 Å². The third-order valence-corrected chi connectivity index (χ3v) is 4.26. The van der Waals surface area contributed by atoms with Crippen molar-refractivity contribution in [2.24, 2.45) is 17.3 Å². The molecule has 1 aliphatic heterocycles. The molecule has 0 aromatic rings. The highest BCUT2D eigenvalue weighted by molar-refractivity contribution is 4.90. The molecule has 16 heavy (non-hydrogen) atoms. The van der Waals surface area contributed by atoms with Crippen LogP contribution in [0.4, 0.5) is 0 Å². The van der Waals surface area contributed by atoms with E-state index >= 15 is 0 Å². The van der Waals surface area contributed by atoms with Crippen molar-refractivity contribution >= 4 is 0 Å². The molecule has 0 N–H and O–H groups in total. The summed E-state index contributed by atoms with van der Waals surface area (Å²) in [4.78, 5) is 2.67. The van der Waals surface area contributed by atoms with Crippen molar-refractivity contribution in [2.75, 3.05) is 26.7 Å². The predicted octanol–water partition coefficient (Wildman–Crippen LogP) is 2.78. The number of ether oxygens (including phenoxy) is 1. The maximum absolute atomic E-state index is 5.67. The first kappa shape index (κ1) is 12.4. The lowest BCUT2D eigenvalue weighted by Gasteiger charge is -2.44. The van der Waals surface area contributed by atoms with E-state index in [1.54, 1.807) is 0 Å². The van der Waals surface area contributed by atoms with E-state index in [-0.39, 0.29) is 0 Å². The summed E-state index contributed by atoms with van der Waals surface area (Å²) in [5.74, 6) is 1.70. The third kappa shape index (κ3) is 2.98. The second kappa shape index (κ2) is 4.66. The van der Waals surface area contributed by atoms with Crippen LogP contribution in [0.5, 0.6) is 0 Å². The van der Waals surface area contributed by atoms with E-state index in [0.29, 0.717) is 17.4 Å². The third-order valence-electron chi connectivity index (χ3n) is 4.26. The van der Waals surface area contributed by atoms with Gasteiger partial charge in [-0.2, -0.15) is 0 Å². The molecule has 2 unspecified atom stereocenters. The first-order valence-corrected chi connectivity index (χ1v) is 6.76. The summed E-state index contributed by atoms with van der Waals surface area (Å²) in [7, 11) is 1.87. The summed E-state index contributed by atoms with van der Waals surface area (Å²) >= 11 is 0. The van der Waals surface area contributed by atoms with Crippen LogP contribution in [-0.2, 0) is 4.74 Å². The summed E-state index contributed by atoms with van der Waals surface area (Å²) in [5, 5.41) is 0. The lowest BCUT2D eigenvalue weighted by Crippen LogP contribution is -2.49. The van der Waals surface area contributed by atoms with Crippen molar-refractivity contribution in [1.82, 2.24) is 4.90 Å². The predicted molar refractivity (Wildman–Crippen MR) is 67.5 cm³/mol. The molecule has 1 saturated carbocycles. The molecule has 2 fully saturated rings. The van der Waals surface area contributed by atoms with E-state index in [9.17, 15) is 0 Å². The Morgan fingerprint density at radius 1 is 1.19 bits per heavy atom. The van der Waals surface area contributed by atoms with Crippen molar-refractivity contribution in [3.8, 4) is 0 Å². The number of piperidine rings is 1. The summed E-state index contributed by atoms with van der Waals surface area (Å²) < 4.78 is 5.67. The molecule has 2 rings (SSSR count). The van der Waals surface area contributed by atoms with Crippen LogP contribution in [0.2, 0.25) is 0 Å². The second-order valence-electron chi connectivity index (χ2n) is 6.74. The van der Waals surface area contributed by atoms with Crippen molar-refractivity contribution in [1.29, 1.82) is 0 Å². The number of rotatable bonds is 3. The van der Waals surface area contributed by atoms with Crippen LogP contribution >= 0.6 is 0 Å². The zero-order valence-electron chi connectivity index (χ0n) is 11.3. The number of nitrogens with zero attached hydrogens (tertiary/aromatic N) is 1. The average molecular weight is 225 g/mol. The lowest BCUT2D eigenvalue weighted by atomic mass is 9.74. The minimum absolute atomic E-state index is 0.364. The molecule has 94 valence electrons. The summed E-state index contributed by atoms with van der Waals surface area (Å²) in [6, 6.07) is 0. The lowest BCUT2D eigenvalue weighted by molar-refractivity contribution is -0.0489. The van der Waals surface area contributed by atoms with Crippen LogP contribution in [0.3, 0.4) is 0 Å². The maximum Gasteiger partial charge on any atom is 0.0628 e.